The Labute approximate surface area is 187 Å². The molecule has 0 saturated heterocycles. The lowest BCUT2D eigenvalue weighted by atomic mass is 9.73. The molecule has 5 nitrogen and oxygen atoms in total. The van der Waals surface area contributed by atoms with Gasteiger partial charge in [-0.05, 0) is 29.9 Å². The van der Waals surface area contributed by atoms with E-state index in [-0.39, 0.29) is 17.2 Å². The lowest BCUT2D eigenvalue weighted by molar-refractivity contribution is -0.118. The number of aromatic nitrogens is 3. The minimum absolute atomic E-state index is 0.0604. The van der Waals surface area contributed by atoms with Crippen LogP contribution in [0.5, 0.6) is 0 Å². The predicted octanol–water partition coefficient (Wildman–Crippen LogP) is 5.54. The second kappa shape index (κ2) is 7.68. The van der Waals surface area contributed by atoms with Crippen LogP contribution in [0.1, 0.15) is 49.4 Å². The third-order valence-electron chi connectivity index (χ3n) is 5.88. The molecule has 31 heavy (non-hydrogen) atoms. The zero-order valence-corrected chi connectivity index (χ0v) is 18.9. The van der Waals surface area contributed by atoms with Crippen LogP contribution in [0.25, 0.3) is 0 Å². The van der Waals surface area contributed by atoms with Gasteiger partial charge in [0.15, 0.2) is 5.78 Å². The molecule has 2 aromatic carbocycles. The van der Waals surface area contributed by atoms with Gasteiger partial charge in [0.2, 0.25) is 11.1 Å². The van der Waals surface area contributed by atoms with Gasteiger partial charge in [0.05, 0.1) is 0 Å². The summed E-state index contributed by atoms with van der Waals surface area (Å²) in [5, 5.41) is 8.99. The van der Waals surface area contributed by atoms with E-state index in [1.165, 1.54) is 11.1 Å². The maximum absolute atomic E-state index is 13.2. The van der Waals surface area contributed by atoms with Crippen LogP contribution in [0.15, 0.2) is 71.0 Å². The molecule has 0 unspecified atom stereocenters. The van der Waals surface area contributed by atoms with E-state index in [0.29, 0.717) is 12.4 Å². The highest BCUT2D eigenvalue weighted by Crippen LogP contribution is 2.45. The molecule has 1 aliphatic carbocycles. The van der Waals surface area contributed by atoms with Gasteiger partial charge in [-0.1, -0.05) is 85.8 Å². The number of ketones is 1. The van der Waals surface area contributed by atoms with E-state index in [2.05, 4.69) is 62.5 Å². The highest BCUT2D eigenvalue weighted by atomic mass is 32.2. The second-order valence-corrected chi connectivity index (χ2v) is 10.2. The number of hydrogen-bond acceptors (Lipinski definition) is 5. The van der Waals surface area contributed by atoms with Crippen molar-refractivity contribution in [2.75, 3.05) is 5.32 Å². The highest BCUT2D eigenvalue weighted by Gasteiger charge is 2.41. The summed E-state index contributed by atoms with van der Waals surface area (Å²) in [7, 11) is 0. The molecule has 1 N–H and O–H groups in total. The molecule has 0 bridgehead atoms. The molecular weight excluding hydrogens is 404 g/mol. The summed E-state index contributed by atoms with van der Waals surface area (Å²) < 4.78 is 1.89. The van der Waals surface area contributed by atoms with Crippen LogP contribution < -0.4 is 5.32 Å². The van der Waals surface area contributed by atoms with Crippen molar-refractivity contribution < 1.29 is 4.79 Å². The largest absolute Gasteiger partial charge is 0.328 e. The number of nitrogens with one attached hydrogen (secondary N) is 1. The number of anilines is 1. The van der Waals surface area contributed by atoms with Gasteiger partial charge in [-0.15, -0.1) is 5.10 Å². The Hall–Kier alpha value is -2.86. The van der Waals surface area contributed by atoms with Crippen molar-refractivity contribution in [3.05, 3.63) is 82.6 Å². The number of benzene rings is 2. The summed E-state index contributed by atoms with van der Waals surface area (Å²) in [6.07, 6.45) is 1.38. The quantitative estimate of drug-likeness (QED) is 0.551. The number of hydrogen-bond donors (Lipinski definition) is 1. The summed E-state index contributed by atoms with van der Waals surface area (Å²) in [6, 6.07) is 18.4. The molecule has 1 aromatic heterocycles. The Morgan fingerprint density at radius 2 is 1.94 bits per heavy atom. The summed E-state index contributed by atoms with van der Waals surface area (Å²) in [6.45, 7) is 6.40. The Balaban J connectivity index is 1.51. The Kier molecular flexibility index (Phi) is 4.97. The lowest BCUT2D eigenvalue weighted by Crippen LogP contribution is -2.36. The van der Waals surface area contributed by atoms with Crippen molar-refractivity contribution in [1.82, 2.24) is 14.8 Å². The third-order valence-corrected chi connectivity index (χ3v) is 6.79. The van der Waals surface area contributed by atoms with Gasteiger partial charge in [-0.3, -0.25) is 4.79 Å². The number of fused-ring (bicyclic) bond motifs is 1. The smallest absolute Gasteiger partial charge is 0.227 e. The maximum atomic E-state index is 13.2. The van der Waals surface area contributed by atoms with E-state index in [1.807, 2.05) is 22.9 Å². The average molecular weight is 431 g/mol. The zero-order valence-electron chi connectivity index (χ0n) is 18.1. The lowest BCUT2D eigenvalue weighted by Gasteiger charge is -2.38. The van der Waals surface area contributed by atoms with Crippen LogP contribution in [0.4, 0.5) is 5.95 Å². The van der Waals surface area contributed by atoms with Crippen molar-refractivity contribution in [3.63, 3.8) is 0 Å². The zero-order chi connectivity index (χ0) is 21.6. The first-order valence-corrected chi connectivity index (χ1v) is 11.6. The molecule has 0 amide bonds. The standard InChI is InChI=1S/C25H26N4OS/c1-16-8-7-9-17(12-16)15-31-24-27-23-26-19-13-25(2,3)14-20(30)21(19)22(29(23)28-24)18-10-5-4-6-11-18/h4-12,22H,13-15H2,1-3H3,(H,26,27,28)/t22-/m1/s1. The first-order chi connectivity index (χ1) is 14.9. The molecule has 0 radical (unpaired) electrons. The minimum Gasteiger partial charge on any atom is -0.328 e. The normalized spacial score (nSPS) is 19.6. The van der Waals surface area contributed by atoms with Gasteiger partial charge in [-0.25, -0.2) is 4.68 Å². The second-order valence-electron chi connectivity index (χ2n) is 9.21. The van der Waals surface area contributed by atoms with E-state index in [0.717, 1.165) is 34.2 Å². The molecule has 2 heterocycles. The van der Waals surface area contributed by atoms with Crippen LogP contribution in [0.2, 0.25) is 0 Å². The summed E-state index contributed by atoms with van der Waals surface area (Å²) in [5.41, 5.74) is 5.32. The molecule has 1 atom stereocenters. The van der Waals surface area contributed by atoms with Gasteiger partial charge in [-0.2, -0.15) is 4.98 Å². The van der Waals surface area contributed by atoms with Crippen LogP contribution in [-0.4, -0.2) is 20.5 Å². The average Bonchev–Trinajstić information content (AvgIpc) is 3.13. The SMILES string of the molecule is Cc1cccc(CSc2nc3n(n2)[C@H](c2ccccc2)C2=C(CC(C)(C)CC2=O)N3)c1. The van der Waals surface area contributed by atoms with Gasteiger partial charge in [0.25, 0.3) is 0 Å². The van der Waals surface area contributed by atoms with Crippen LogP contribution in [0, 0.1) is 12.3 Å². The molecule has 0 fully saturated rings. The molecule has 5 rings (SSSR count). The number of thioether (sulfide) groups is 1. The van der Waals surface area contributed by atoms with Crippen LogP contribution >= 0.6 is 11.8 Å². The molecule has 6 heteroatoms. The van der Waals surface area contributed by atoms with Crippen LogP contribution in [0.3, 0.4) is 0 Å². The minimum atomic E-state index is -0.239. The van der Waals surface area contributed by atoms with Gasteiger partial charge in [0, 0.05) is 23.4 Å². The Bertz CT molecular complexity index is 1180. The highest BCUT2D eigenvalue weighted by molar-refractivity contribution is 7.98. The predicted molar refractivity (Wildman–Crippen MR) is 124 cm³/mol. The van der Waals surface area contributed by atoms with E-state index >= 15 is 0 Å². The monoisotopic (exact) mass is 430 g/mol. The van der Waals surface area contributed by atoms with E-state index in [4.69, 9.17) is 10.1 Å². The maximum Gasteiger partial charge on any atom is 0.227 e. The summed E-state index contributed by atoms with van der Waals surface area (Å²) >= 11 is 1.62. The van der Waals surface area contributed by atoms with Crippen LogP contribution in [-0.2, 0) is 10.5 Å². The molecule has 2 aliphatic rings. The summed E-state index contributed by atoms with van der Waals surface area (Å²) in [4.78, 5) is 18.0. The number of allylic oxidation sites excluding steroid dienone is 2. The van der Waals surface area contributed by atoms with E-state index < -0.39 is 0 Å². The molecule has 3 aromatic rings. The fourth-order valence-corrected chi connectivity index (χ4v) is 5.32. The fraction of sp³-hybridized carbons (Fsp3) is 0.320. The third kappa shape index (κ3) is 3.92. The number of carbonyl (C=O) groups excluding carboxylic acids is 1. The topological polar surface area (TPSA) is 59.8 Å². The Morgan fingerprint density at radius 1 is 1.13 bits per heavy atom. The fourth-order valence-electron chi connectivity index (χ4n) is 4.54. The molecule has 0 saturated carbocycles. The number of rotatable bonds is 4. The molecule has 1 aliphatic heterocycles. The van der Waals surface area contributed by atoms with Crippen molar-refractivity contribution in [1.29, 1.82) is 0 Å². The number of Topliss-reactive ketones (excluding diaryl/α,β-unsaturated/α-hetero) is 1. The first-order valence-electron chi connectivity index (χ1n) is 10.6. The number of aryl methyl sites for hydroxylation is 1. The van der Waals surface area contributed by atoms with Crippen molar-refractivity contribution >= 4 is 23.5 Å². The first kappa shape index (κ1) is 20.1. The number of carbonyl (C=O) groups is 1. The van der Waals surface area contributed by atoms with Gasteiger partial charge in [0.1, 0.15) is 6.04 Å². The van der Waals surface area contributed by atoms with Crippen molar-refractivity contribution in [2.24, 2.45) is 5.41 Å². The molecule has 0 spiro atoms. The molecular formula is C25H26N4OS. The van der Waals surface area contributed by atoms with E-state index in [1.54, 1.807) is 11.8 Å². The summed E-state index contributed by atoms with van der Waals surface area (Å²) in [5.74, 6) is 1.72. The Morgan fingerprint density at radius 3 is 2.71 bits per heavy atom. The van der Waals surface area contributed by atoms with E-state index in [9.17, 15) is 4.79 Å². The van der Waals surface area contributed by atoms with Gasteiger partial charge >= 0.3 is 0 Å². The van der Waals surface area contributed by atoms with Gasteiger partial charge < -0.3 is 5.32 Å². The number of nitrogens with zero attached hydrogens (tertiary/aromatic N) is 3. The van der Waals surface area contributed by atoms with Crippen molar-refractivity contribution in [2.45, 2.75) is 50.6 Å². The molecule has 158 valence electrons. The van der Waals surface area contributed by atoms with Crippen molar-refractivity contribution in [3.8, 4) is 0 Å².